The predicted molar refractivity (Wildman–Crippen MR) is 139 cm³/mol. The Kier molecular flexibility index (Phi) is 7.36. The van der Waals surface area contributed by atoms with Gasteiger partial charge in [-0.25, -0.2) is 18.8 Å². The summed E-state index contributed by atoms with van der Waals surface area (Å²) in [5, 5.41) is 15.1. The van der Waals surface area contributed by atoms with Crippen LogP contribution < -0.4 is 4.90 Å². The molecule has 4 aromatic rings. The van der Waals surface area contributed by atoms with E-state index in [1.54, 1.807) is 16.8 Å². The summed E-state index contributed by atoms with van der Waals surface area (Å²) in [5.41, 5.74) is 2.00. The Balaban J connectivity index is 1.70. The lowest BCUT2D eigenvalue weighted by molar-refractivity contribution is -0.138. The molecule has 1 aliphatic rings. The maximum absolute atomic E-state index is 13.6. The van der Waals surface area contributed by atoms with Crippen LogP contribution in [0.25, 0.3) is 17.0 Å². The molecule has 4 heterocycles. The van der Waals surface area contributed by atoms with E-state index in [-0.39, 0.29) is 18.6 Å². The van der Waals surface area contributed by atoms with Gasteiger partial charge in [0, 0.05) is 44.0 Å². The lowest BCUT2D eigenvalue weighted by Gasteiger charge is -2.28. The fourth-order valence-corrected chi connectivity index (χ4v) is 5.28. The van der Waals surface area contributed by atoms with Crippen LogP contribution in [0.15, 0.2) is 36.7 Å². The van der Waals surface area contributed by atoms with Gasteiger partial charge in [-0.1, -0.05) is 12.1 Å². The number of rotatable bonds is 7. The highest BCUT2D eigenvalue weighted by Gasteiger charge is 2.33. The zero-order valence-corrected chi connectivity index (χ0v) is 22.1. The van der Waals surface area contributed by atoms with Gasteiger partial charge < -0.3 is 14.7 Å². The number of benzene rings is 1. The molecule has 13 heteroatoms. The van der Waals surface area contributed by atoms with E-state index in [0.717, 1.165) is 6.07 Å². The fraction of sp³-hybridized carbons (Fsp3) is 0.400. The number of halogens is 3. The van der Waals surface area contributed by atoms with Crippen LogP contribution in [0.5, 0.6) is 0 Å². The van der Waals surface area contributed by atoms with Crippen molar-refractivity contribution in [3.8, 4) is 11.4 Å². The van der Waals surface area contributed by atoms with Crippen molar-refractivity contribution < 1.29 is 23.0 Å². The van der Waals surface area contributed by atoms with Gasteiger partial charge in [0.05, 0.1) is 42.3 Å². The van der Waals surface area contributed by atoms with Crippen LogP contribution in [0.3, 0.4) is 0 Å². The monoisotopic (exact) mass is 547 g/mol. The van der Waals surface area contributed by atoms with Crippen LogP contribution in [0.1, 0.15) is 28.1 Å². The molecule has 5 rings (SSSR count). The highest BCUT2D eigenvalue weighted by atomic mass is 32.2. The predicted octanol–water partition coefficient (Wildman–Crippen LogP) is 3.81. The second kappa shape index (κ2) is 10.6. The number of fused-ring (bicyclic) bond motifs is 1. The Bertz CT molecular complexity index is 1440. The van der Waals surface area contributed by atoms with Crippen molar-refractivity contribution in [1.29, 1.82) is 0 Å². The van der Waals surface area contributed by atoms with Crippen LogP contribution in [-0.2, 0) is 23.9 Å². The number of anilines is 1. The van der Waals surface area contributed by atoms with Crippen LogP contribution >= 0.6 is 12.1 Å². The molecule has 0 amide bonds. The summed E-state index contributed by atoms with van der Waals surface area (Å²) in [6, 6.07) is 6.07. The molecule has 1 saturated heterocycles. The van der Waals surface area contributed by atoms with Crippen molar-refractivity contribution in [2.75, 3.05) is 45.3 Å². The van der Waals surface area contributed by atoms with E-state index in [2.05, 4.69) is 9.88 Å². The summed E-state index contributed by atoms with van der Waals surface area (Å²) >= 11 is 1.44. The molecule has 202 valence electrons. The standard InChI is InChI=1S/C25H28F3N7O2S/c1-16-17(5-4-6-19(16)25(26,27)28)13-21-20(15-36)30-24-18(23-29-7-8-34(23)38-32(2)3)14-22(31-35(21)24)33-9-11-37-12-10-33/h4-8,14,36H,9-13,15H2,1-3H3. The number of aromatic nitrogens is 5. The largest absolute Gasteiger partial charge is 0.416 e. The van der Waals surface area contributed by atoms with Gasteiger partial charge in [-0.2, -0.15) is 13.2 Å². The van der Waals surface area contributed by atoms with Crippen molar-refractivity contribution in [3.63, 3.8) is 0 Å². The molecule has 0 bridgehead atoms. The molecule has 1 aromatic carbocycles. The first-order valence-electron chi connectivity index (χ1n) is 12.1. The Morgan fingerprint density at radius 1 is 1.18 bits per heavy atom. The van der Waals surface area contributed by atoms with Gasteiger partial charge >= 0.3 is 6.18 Å². The number of hydrogen-bond acceptors (Lipinski definition) is 8. The Labute approximate surface area is 222 Å². The number of aliphatic hydroxyl groups excluding tert-OH is 1. The molecule has 0 atom stereocenters. The van der Waals surface area contributed by atoms with Crippen molar-refractivity contribution in [1.82, 2.24) is 27.9 Å². The first-order valence-corrected chi connectivity index (χ1v) is 12.8. The highest BCUT2D eigenvalue weighted by Crippen LogP contribution is 2.35. The summed E-state index contributed by atoms with van der Waals surface area (Å²) in [6.45, 7) is 3.48. The van der Waals surface area contributed by atoms with E-state index in [4.69, 9.17) is 14.8 Å². The topological polar surface area (TPSA) is 84.0 Å². The lowest BCUT2D eigenvalue weighted by Crippen LogP contribution is -2.37. The third kappa shape index (κ3) is 5.10. The summed E-state index contributed by atoms with van der Waals surface area (Å²) in [6.07, 6.45) is -0.809. The van der Waals surface area contributed by atoms with E-state index >= 15 is 0 Å². The molecular weight excluding hydrogens is 519 g/mol. The molecule has 0 spiro atoms. The van der Waals surface area contributed by atoms with E-state index in [9.17, 15) is 18.3 Å². The number of nitrogens with zero attached hydrogens (tertiary/aromatic N) is 7. The highest BCUT2D eigenvalue weighted by molar-refractivity contribution is 7.95. The first-order chi connectivity index (χ1) is 18.2. The third-order valence-electron chi connectivity index (χ3n) is 6.44. The summed E-state index contributed by atoms with van der Waals surface area (Å²) in [4.78, 5) is 11.4. The molecule has 0 unspecified atom stereocenters. The molecule has 3 aromatic heterocycles. The van der Waals surface area contributed by atoms with E-state index < -0.39 is 11.7 Å². The minimum atomic E-state index is -4.46. The quantitative estimate of drug-likeness (QED) is 0.350. The van der Waals surface area contributed by atoms with Crippen LogP contribution in [-0.4, -0.2) is 73.4 Å². The number of morpholine rings is 1. The number of alkyl halides is 3. The second-order valence-corrected chi connectivity index (χ2v) is 10.4. The summed E-state index contributed by atoms with van der Waals surface area (Å²) in [5.74, 6) is 1.31. The Morgan fingerprint density at radius 3 is 2.63 bits per heavy atom. The minimum Gasteiger partial charge on any atom is -0.390 e. The van der Waals surface area contributed by atoms with Gasteiger partial charge in [-0.3, -0.25) is 3.97 Å². The number of hydrogen-bond donors (Lipinski definition) is 1. The SMILES string of the molecule is Cc1c(Cc2c(CO)nc3c(-c4nccn4SN(C)C)cc(N4CCOCC4)nn23)cccc1C(F)(F)F. The normalized spacial score (nSPS) is 14.7. The van der Waals surface area contributed by atoms with Crippen LogP contribution in [0, 0.1) is 6.92 Å². The maximum atomic E-state index is 13.6. The Hall–Kier alpha value is -3.13. The molecule has 9 nitrogen and oxygen atoms in total. The summed E-state index contributed by atoms with van der Waals surface area (Å²) in [7, 11) is 3.84. The van der Waals surface area contributed by atoms with Gasteiger partial charge in [-0.05, 0) is 44.3 Å². The minimum absolute atomic E-state index is 0.118. The zero-order chi connectivity index (χ0) is 27.0. The number of imidazole rings is 2. The number of ether oxygens (including phenoxy) is 1. The van der Waals surface area contributed by atoms with Crippen molar-refractivity contribution in [2.24, 2.45) is 0 Å². The average molecular weight is 548 g/mol. The molecule has 1 aliphatic heterocycles. The van der Waals surface area contributed by atoms with Crippen molar-refractivity contribution in [3.05, 3.63) is 64.7 Å². The summed E-state index contributed by atoms with van der Waals surface area (Å²) < 4.78 is 51.8. The van der Waals surface area contributed by atoms with Crippen LogP contribution in [0.2, 0.25) is 0 Å². The second-order valence-electron chi connectivity index (χ2n) is 9.15. The molecule has 1 fully saturated rings. The fourth-order valence-electron chi connectivity index (χ4n) is 4.60. The van der Waals surface area contributed by atoms with Crippen molar-refractivity contribution in [2.45, 2.75) is 26.1 Å². The van der Waals surface area contributed by atoms with E-state index in [1.807, 2.05) is 34.6 Å². The van der Waals surface area contributed by atoms with Crippen LogP contribution in [0.4, 0.5) is 19.0 Å². The van der Waals surface area contributed by atoms with Gasteiger partial charge in [0.1, 0.15) is 0 Å². The van der Waals surface area contributed by atoms with E-state index in [0.29, 0.717) is 66.1 Å². The first kappa shape index (κ1) is 26.5. The lowest BCUT2D eigenvalue weighted by atomic mass is 9.98. The molecule has 0 aliphatic carbocycles. The molecule has 0 saturated carbocycles. The maximum Gasteiger partial charge on any atom is 0.416 e. The van der Waals surface area contributed by atoms with Gasteiger partial charge in [0.15, 0.2) is 17.3 Å². The number of aliphatic hydroxyl groups is 1. The molecule has 1 N–H and O–H groups in total. The van der Waals surface area contributed by atoms with Crippen molar-refractivity contribution >= 4 is 23.6 Å². The third-order valence-corrected chi connectivity index (χ3v) is 7.24. The molecule has 38 heavy (non-hydrogen) atoms. The zero-order valence-electron chi connectivity index (χ0n) is 21.2. The Morgan fingerprint density at radius 2 is 1.95 bits per heavy atom. The molecular formula is C25H28F3N7O2S. The average Bonchev–Trinajstić information content (AvgIpc) is 3.48. The molecule has 0 radical (unpaired) electrons. The van der Waals surface area contributed by atoms with Gasteiger partial charge in [-0.15, -0.1) is 5.10 Å². The smallest absolute Gasteiger partial charge is 0.390 e. The van der Waals surface area contributed by atoms with E-state index in [1.165, 1.54) is 25.1 Å². The van der Waals surface area contributed by atoms with Gasteiger partial charge in [0.2, 0.25) is 0 Å². The van der Waals surface area contributed by atoms with Gasteiger partial charge in [0.25, 0.3) is 0 Å².